The van der Waals surface area contributed by atoms with Gasteiger partial charge in [0.1, 0.15) is 35.7 Å². The monoisotopic (exact) mass is 615 g/mol. The number of alkyl halides is 3. The van der Waals surface area contributed by atoms with Crippen LogP contribution in [-0.2, 0) is 12.7 Å². The fourth-order valence-electron chi connectivity index (χ4n) is 4.61. The highest BCUT2D eigenvalue weighted by atomic mass is 19.4. The van der Waals surface area contributed by atoms with Gasteiger partial charge in [-0.15, -0.1) is 5.10 Å². The van der Waals surface area contributed by atoms with Gasteiger partial charge in [-0.3, -0.25) is 14.2 Å². The van der Waals surface area contributed by atoms with Crippen molar-refractivity contribution >= 4 is 22.4 Å². The summed E-state index contributed by atoms with van der Waals surface area (Å²) in [7, 11) is 0. The predicted molar refractivity (Wildman–Crippen MR) is 154 cm³/mol. The molecule has 0 saturated heterocycles. The Morgan fingerprint density at radius 2 is 1.76 bits per heavy atom. The average molecular weight is 616 g/mol. The van der Waals surface area contributed by atoms with E-state index in [-0.39, 0.29) is 51.6 Å². The first-order chi connectivity index (χ1) is 21.6. The number of aromatic hydroxyl groups is 1. The highest BCUT2D eigenvalue weighted by Crippen LogP contribution is 2.37. The van der Waals surface area contributed by atoms with Crippen molar-refractivity contribution in [2.45, 2.75) is 12.7 Å². The Balaban J connectivity index is 0.000000452. The van der Waals surface area contributed by atoms with E-state index in [0.29, 0.717) is 17.3 Å². The number of phenolic OH excluding ortho intramolecular Hbond substituents is 1. The second kappa shape index (κ2) is 11.4. The zero-order valence-electron chi connectivity index (χ0n) is 22.8. The molecule has 0 aliphatic rings. The average Bonchev–Trinajstić information content (AvgIpc) is 3.64. The SMILES string of the molecule is Nc1ncnc2c1c(-c1cc(O)cc(C(F)(F)F)c1)nn2Cc1nn2cccc2c(=O)n1-c1ccccc1.O=c1ccnn[nH]1. The van der Waals surface area contributed by atoms with E-state index in [9.17, 15) is 27.9 Å². The van der Waals surface area contributed by atoms with Crippen molar-refractivity contribution in [3.63, 3.8) is 0 Å². The molecule has 0 saturated carbocycles. The number of fused-ring (bicyclic) bond motifs is 2. The van der Waals surface area contributed by atoms with Gasteiger partial charge >= 0.3 is 6.18 Å². The van der Waals surface area contributed by atoms with Gasteiger partial charge in [0, 0.05) is 17.8 Å². The number of hydrogen-bond acceptors (Lipinski definition) is 10. The van der Waals surface area contributed by atoms with E-state index in [1.165, 1.54) is 32.4 Å². The molecule has 0 aliphatic carbocycles. The lowest BCUT2D eigenvalue weighted by Crippen LogP contribution is -2.27. The number of nitrogens with zero attached hydrogens (tertiary/aromatic N) is 9. The Morgan fingerprint density at radius 1 is 0.956 bits per heavy atom. The second-order valence-electron chi connectivity index (χ2n) is 9.47. The molecule has 0 amide bonds. The van der Waals surface area contributed by atoms with Gasteiger partial charge in [0.05, 0.1) is 22.8 Å². The number of H-pyrrole nitrogens is 1. The molecule has 5 aromatic heterocycles. The third-order valence-electron chi connectivity index (χ3n) is 6.52. The number of anilines is 1. The van der Waals surface area contributed by atoms with Gasteiger partial charge in [-0.25, -0.2) is 24.3 Å². The summed E-state index contributed by atoms with van der Waals surface area (Å²) in [6, 6.07) is 16.2. The van der Waals surface area contributed by atoms with Gasteiger partial charge in [-0.2, -0.15) is 23.4 Å². The smallest absolute Gasteiger partial charge is 0.416 e. The maximum atomic E-state index is 13.5. The van der Waals surface area contributed by atoms with E-state index in [0.717, 1.165) is 12.1 Å². The molecule has 2 aromatic carbocycles. The lowest BCUT2D eigenvalue weighted by Gasteiger charge is -2.13. The minimum Gasteiger partial charge on any atom is -0.508 e. The van der Waals surface area contributed by atoms with Crippen molar-refractivity contribution < 1.29 is 18.3 Å². The molecule has 17 heteroatoms. The van der Waals surface area contributed by atoms with Crippen molar-refractivity contribution in [2.75, 3.05) is 5.73 Å². The van der Waals surface area contributed by atoms with E-state index >= 15 is 0 Å². The third kappa shape index (κ3) is 5.68. The lowest BCUT2D eigenvalue weighted by molar-refractivity contribution is -0.137. The number of nitrogen functional groups attached to an aromatic ring is 1. The van der Waals surface area contributed by atoms with Crippen molar-refractivity contribution in [3.05, 3.63) is 118 Å². The number of benzene rings is 2. The number of para-hydroxylation sites is 1. The van der Waals surface area contributed by atoms with Gasteiger partial charge in [-0.1, -0.05) is 23.4 Å². The zero-order valence-corrected chi connectivity index (χ0v) is 22.8. The summed E-state index contributed by atoms with van der Waals surface area (Å²) in [5, 5.41) is 28.0. The van der Waals surface area contributed by atoms with Gasteiger partial charge in [0.2, 0.25) is 0 Å². The summed E-state index contributed by atoms with van der Waals surface area (Å²) in [5.41, 5.74) is 5.65. The summed E-state index contributed by atoms with van der Waals surface area (Å²) < 4.78 is 44.7. The summed E-state index contributed by atoms with van der Waals surface area (Å²) >= 11 is 0. The molecule has 45 heavy (non-hydrogen) atoms. The van der Waals surface area contributed by atoms with Crippen LogP contribution in [0.2, 0.25) is 0 Å². The van der Waals surface area contributed by atoms with Crippen molar-refractivity contribution in [3.8, 4) is 22.7 Å². The van der Waals surface area contributed by atoms with Gasteiger partial charge in [-0.05, 0) is 42.5 Å². The lowest BCUT2D eigenvalue weighted by atomic mass is 10.1. The normalized spacial score (nSPS) is 11.4. The van der Waals surface area contributed by atoms with Crippen LogP contribution in [0, 0.1) is 0 Å². The summed E-state index contributed by atoms with van der Waals surface area (Å²) in [6.45, 7) is -0.0872. The van der Waals surface area contributed by atoms with E-state index in [4.69, 9.17) is 5.73 Å². The largest absolute Gasteiger partial charge is 0.508 e. The Labute approximate surface area is 248 Å². The zero-order chi connectivity index (χ0) is 31.7. The Morgan fingerprint density at radius 3 is 2.44 bits per heavy atom. The quantitative estimate of drug-likeness (QED) is 0.266. The summed E-state index contributed by atoms with van der Waals surface area (Å²) in [4.78, 5) is 31.8. The number of halogens is 3. The van der Waals surface area contributed by atoms with Crippen LogP contribution in [0.1, 0.15) is 11.4 Å². The minimum absolute atomic E-state index is 0.0116. The number of aromatic amines is 1. The van der Waals surface area contributed by atoms with E-state index < -0.39 is 17.5 Å². The van der Waals surface area contributed by atoms with Crippen molar-refractivity contribution in [1.29, 1.82) is 0 Å². The Hall–Kier alpha value is -6.39. The van der Waals surface area contributed by atoms with Crippen molar-refractivity contribution in [1.82, 2.24) is 49.3 Å². The van der Waals surface area contributed by atoms with Gasteiger partial charge in [0.15, 0.2) is 11.5 Å². The molecule has 0 aliphatic heterocycles. The molecule has 226 valence electrons. The highest BCUT2D eigenvalue weighted by Gasteiger charge is 2.32. The van der Waals surface area contributed by atoms with Crippen LogP contribution in [0.3, 0.4) is 0 Å². The second-order valence-corrected chi connectivity index (χ2v) is 9.47. The first-order valence-electron chi connectivity index (χ1n) is 13.0. The standard InChI is InChI=1S/C25H17F3N8O2.C3H3N3O/c26-25(27,28)15-9-14(10-17(37)11-15)21-20-22(29)30-13-31-23(20)35(33-21)12-19-32-34-8-4-7-18(34)24(38)36(19)16-5-2-1-3-6-16;7-3-1-2-4-6-5-3/h1-11,13,37H,12H2,(H2,29,30,31);1-2H,(H,4,5,7). The summed E-state index contributed by atoms with van der Waals surface area (Å²) in [5.74, 6) is -0.321. The van der Waals surface area contributed by atoms with E-state index in [1.807, 2.05) is 6.07 Å². The summed E-state index contributed by atoms with van der Waals surface area (Å²) in [6.07, 6.45) is -0.529. The van der Waals surface area contributed by atoms with Crippen LogP contribution < -0.4 is 16.9 Å². The first-order valence-corrected chi connectivity index (χ1v) is 13.0. The molecule has 14 nitrogen and oxygen atoms in total. The maximum absolute atomic E-state index is 13.5. The van der Waals surface area contributed by atoms with Crippen LogP contribution in [0.15, 0.2) is 95.0 Å². The van der Waals surface area contributed by atoms with Crippen LogP contribution in [0.5, 0.6) is 5.75 Å². The minimum atomic E-state index is -4.70. The fourth-order valence-corrected chi connectivity index (χ4v) is 4.61. The Kier molecular flexibility index (Phi) is 7.25. The highest BCUT2D eigenvalue weighted by molar-refractivity contribution is 5.98. The molecule has 4 N–H and O–H groups in total. The third-order valence-corrected chi connectivity index (χ3v) is 6.52. The molecular weight excluding hydrogens is 595 g/mol. The number of hydrogen-bond donors (Lipinski definition) is 3. The van der Waals surface area contributed by atoms with E-state index in [1.54, 1.807) is 42.6 Å². The fraction of sp³-hybridized carbons (Fsp3) is 0.0714. The molecule has 0 bridgehead atoms. The first kappa shape index (κ1) is 28.7. The van der Waals surface area contributed by atoms with Crippen molar-refractivity contribution in [2.24, 2.45) is 0 Å². The van der Waals surface area contributed by atoms with Crippen LogP contribution in [-0.4, -0.2) is 54.4 Å². The molecule has 7 aromatic rings. The molecule has 0 fully saturated rings. The molecule has 0 spiro atoms. The number of nitrogens with two attached hydrogens (primary N) is 1. The Bertz CT molecular complexity index is 2260. The molecule has 0 atom stereocenters. The van der Waals surface area contributed by atoms with Crippen LogP contribution in [0.4, 0.5) is 19.0 Å². The molecular formula is C28H20F3N11O3. The number of nitrogens with one attached hydrogen (secondary N) is 1. The number of rotatable bonds is 4. The maximum Gasteiger partial charge on any atom is 0.416 e. The molecule has 7 rings (SSSR count). The van der Waals surface area contributed by atoms with Crippen LogP contribution >= 0.6 is 0 Å². The van der Waals surface area contributed by atoms with Gasteiger partial charge < -0.3 is 10.8 Å². The topological polar surface area (TPSA) is 188 Å². The van der Waals surface area contributed by atoms with Gasteiger partial charge in [0.25, 0.3) is 11.1 Å². The number of phenols is 1. The molecule has 0 unspecified atom stereocenters. The number of aromatic nitrogens is 10. The van der Waals surface area contributed by atoms with Crippen LogP contribution in [0.25, 0.3) is 33.5 Å². The molecule has 0 radical (unpaired) electrons. The predicted octanol–water partition coefficient (Wildman–Crippen LogP) is 2.81. The van der Waals surface area contributed by atoms with E-state index in [2.05, 4.69) is 35.6 Å². The molecule has 5 heterocycles.